The van der Waals surface area contributed by atoms with E-state index in [9.17, 15) is 9.59 Å². The highest BCUT2D eigenvalue weighted by molar-refractivity contribution is 5.93. The average Bonchev–Trinajstić information content (AvgIpc) is 3.31. The number of hydrogen-bond donors (Lipinski definition) is 1. The van der Waals surface area contributed by atoms with Gasteiger partial charge in [-0.05, 0) is 81.1 Å². The van der Waals surface area contributed by atoms with E-state index in [0.29, 0.717) is 48.4 Å². The molecule has 0 aromatic rings. The lowest BCUT2D eigenvalue weighted by molar-refractivity contribution is -0.152. The first-order chi connectivity index (χ1) is 13.9. The molecular weight excluding hydrogens is 400 g/mol. The van der Waals surface area contributed by atoms with Crippen molar-refractivity contribution in [3.63, 3.8) is 0 Å². The fourth-order valence-corrected chi connectivity index (χ4v) is 7.82. The van der Waals surface area contributed by atoms with Crippen LogP contribution in [0.25, 0.3) is 0 Å². The molecular formula is C24H37ClN2O3. The first-order valence-electron chi connectivity index (χ1n) is 11.9. The first kappa shape index (κ1) is 22.3. The predicted molar refractivity (Wildman–Crippen MR) is 119 cm³/mol. The molecule has 0 aromatic heterocycles. The third-order valence-electron chi connectivity index (χ3n) is 9.64. The van der Waals surface area contributed by atoms with E-state index in [2.05, 4.69) is 24.3 Å². The largest absolute Gasteiger partial charge is 0.394 e. The van der Waals surface area contributed by atoms with Gasteiger partial charge in [0.05, 0.1) is 5.71 Å². The van der Waals surface area contributed by atoms with Crippen LogP contribution in [0.3, 0.4) is 0 Å². The Morgan fingerprint density at radius 2 is 1.90 bits per heavy atom. The zero-order valence-electron chi connectivity index (χ0n) is 18.5. The van der Waals surface area contributed by atoms with Crippen molar-refractivity contribution >= 4 is 29.7 Å². The fourth-order valence-electron chi connectivity index (χ4n) is 7.82. The number of carbonyl (C=O) groups excluding carboxylic acids is 2. The Labute approximate surface area is 186 Å². The van der Waals surface area contributed by atoms with E-state index in [1.54, 1.807) is 0 Å². The zero-order valence-corrected chi connectivity index (χ0v) is 19.3. The summed E-state index contributed by atoms with van der Waals surface area (Å²) >= 11 is 0. The average molecular weight is 437 g/mol. The molecule has 4 aliphatic carbocycles. The quantitative estimate of drug-likeness (QED) is 0.669. The molecule has 1 unspecified atom stereocenters. The summed E-state index contributed by atoms with van der Waals surface area (Å²) in [7, 11) is 0. The Hall–Kier alpha value is -0.940. The minimum absolute atomic E-state index is 0. The molecule has 1 N–H and O–H groups in total. The van der Waals surface area contributed by atoms with E-state index < -0.39 is 0 Å². The third-order valence-corrected chi connectivity index (χ3v) is 9.64. The lowest BCUT2D eigenvalue weighted by atomic mass is 9.45. The number of ketones is 2. The van der Waals surface area contributed by atoms with Crippen LogP contribution in [-0.2, 0) is 14.4 Å². The summed E-state index contributed by atoms with van der Waals surface area (Å²) in [5.74, 6) is 2.38. The summed E-state index contributed by atoms with van der Waals surface area (Å²) in [6, 6.07) is 0.427. The van der Waals surface area contributed by atoms with Gasteiger partial charge in [0.15, 0.2) is 0 Å². The molecule has 6 heteroatoms. The van der Waals surface area contributed by atoms with Gasteiger partial charge in [-0.2, -0.15) is 0 Å². The van der Waals surface area contributed by atoms with Gasteiger partial charge in [-0.1, -0.05) is 19.0 Å². The molecule has 4 saturated carbocycles. The Kier molecular flexibility index (Phi) is 6.08. The van der Waals surface area contributed by atoms with Crippen molar-refractivity contribution in [3.05, 3.63) is 0 Å². The van der Waals surface area contributed by atoms with Crippen molar-refractivity contribution in [1.82, 2.24) is 5.32 Å². The highest BCUT2D eigenvalue weighted by Gasteiger charge is 2.62. The molecule has 0 radical (unpaired) electrons. The molecule has 1 aliphatic heterocycles. The minimum atomic E-state index is -0.159. The molecule has 0 amide bonds. The van der Waals surface area contributed by atoms with Crippen molar-refractivity contribution in [3.8, 4) is 0 Å². The zero-order chi connectivity index (χ0) is 20.2. The minimum Gasteiger partial charge on any atom is -0.394 e. The van der Waals surface area contributed by atoms with E-state index in [1.807, 2.05) is 0 Å². The number of carbonyl (C=O) groups is 2. The number of nitrogens with one attached hydrogen (secondary N) is 1. The molecule has 0 aromatic carbocycles. The molecule has 5 nitrogen and oxygen atoms in total. The van der Waals surface area contributed by atoms with Crippen LogP contribution in [0.2, 0.25) is 0 Å². The molecule has 1 heterocycles. The maximum atomic E-state index is 13.3. The van der Waals surface area contributed by atoms with Gasteiger partial charge < -0.3 is 10.2 Å². The lowest BCUT2D eigenvalue weighted by Gasteiger charge is -2.58. The lowest BCUT2D eigenvalue weighted by Crippen LogP contribution is -2.56. The molecule has 30 heavy (non-hydrogen) atoms. The van der Waals surface area contributed by atoms with Crippen LogP contribution in [-0.4, -0.2) is 36.5 Å². The summed E-state index contributed by atoms with van der Waals surface area (Å²) < 4.78 is 0. The van der Waals surface area contributed by atoms with E-state index in [4.69, 9.17) is 4.84 Å². The van der Waals surface area contributed by atoms with Crippen molar-refractivity contribution < 1.29 is 14.4 Å². The summed E-state index contributed by atoms with van der Waals surface area (Å²) in [4.78, 5) is 31.5. The number of halogens is 1. The fraction of sp³-hybridized carbons (Fsp3) is 0.875. The molecule has 5 aliphatic rings. The predicted octanol–water partition coefficient (Wildman–Crippen LogP) is 4.32. The third kappa shape index (κ3) is 3.44. The Balaban J connectivity index is 0.00000218. The van der Waals surface area contributed by atoms with Crippen LogP contribution in [0.1, 0.15) is 78.1 Å². The smallest absolute Gasteiger partial charge is 0.139 e. The summed E-state index contributed by atoms with van der Waals surface area (Å²) in [5.41, 5.74) is 0.988. The molecule has 0 bridgehead atoms. The highest BCUT2D eigenvalue weighted by atomic mass is 35.5. The Morgan fingerprint density at radius 1 is 1.07 bits per heavy atom. The van der Waals surface area contributed by atoms with Crippen LogP contribution in [0.15, 0.2) is 5.16 Å². The highest BCUT2D eigenvalue weighted by Crippen LogP contribution is 2.64. The van der Waals surface area contributed by atoms with Gasteiger partial charge in [-0.25, -0.2) is 0 Å². The number of oxime groups is 1. The Bertz CT molecular complexity index is 734. The normalized spacial score (nSPS) is 46.7. The molecule has 0 spiro atoms. The second-order valence-corrected chi connectivity index (χ2v) is 11.0. The van der Waals surface area contributed by atoms with Crippen molar-refractivity contribution in [2.45, 2.75) is 84.1 Å². The van der Waals surface area contributed by atoms with E-state index >= 15 is 0 Å². The van der Waals surface area contributed by atoms with Crippen LogP contribution in [0, 0.1) is 34.5 Å². The standard InChI is InChI=1S/C24H36N2O3.ClH/c1-23-9-7-15(26-29-14-16-4-3-11-25-16)12-20(23)21(27)13-17-18-5-6-22(28)24(18,2)10-8-19(17)23;/h16-20,25H,3-14H2,1-2H3;1H/t16-,17+,18+,19+,20?,23-,24+;/m1./s1. The SMILES string of the molecule is C[C@]12CCC(=NOC[C@H]3CCCN3)CC1C(=O)C[C@@H]1[C@@H]2CC[C@]2(C)C(=O)CC[C@@H]12.Cl. The molecule has 1 saturated heterocycles. The van der Waals surface area contributed by atoms with Gasteiger partial charge in [-0.3, -0.25) is 9.59 Å². The monoisotopic (exact) mass is 436 g/mol. The molecule has 5 fully saturated rings. The maximum absolute atomic E-state index is 13.3. The second-order valence-electron chi connectivity index (χ2n) is 11.0. The summed E-state index contributed by atoms with van der Waals surface area (Å²) in [6.45, 7) is 6.27. The van der Waals surface area contributed by atoms with Crippen molar-refractivity contribution in [1.29, 1.82) is 0 Å². The number of fused-ring (bicyclic) bond motifs is 5. The van der Waals surface area contributed by atoms with Gasteiger partial charge in [0, 0.05) is 30.2 Å². The Morgan fingerprint density at radius 3 is 2.67 bits per heavy atom. The van der Waals surface area contributed by atoms with Crippen LogP contribution >= 0.6 is 12.4 Å². The van der Waals surface area contributed by atoms with Crippen LogP contribution < -0.4 is 5.32 Å². The maximum Gasteiger partial charge on any atom is 0.139 e. The summed E-state index contributed by atoms with van der Waals surface area (Å²) in [6.07, 6.45) is 9.67. The van der Waals surface area contributed by atoms with Gasteiger partial charge in [-0.15, -0.1) is 12.4 Å². The topological polar surface area (TPSA) is 67.8 Å². The van der Waals surface area contributed by atoms with Gasteiger partial charge in [0.25, 0.3) is 0 Å². The van der Waals surface area contributed by atoms with Gasteiger partial charge in [0.1, 0.15) is 18.2 Å². The van der Waals surface area contributed by atoms with E-state index in [0.717, 1.165) is 63.6 Å². The molecule has 5 rings (SSSR count). The van der Waals surface area contributed by atoms with Gasteiger partial charge in [0.2, 0.25) is 0 Å². The molecule has 168 valence electrons. The second kappa shape index (κ2) is 8.20. The van der Waals surface area contributed by atoms with Crippen molar-refractivity contribution in [2.75, 3.05) is 13.2 Å². The van der Waals surface area contributed by atoms with Gasteiger partial charge >= 0.3 is 0 Å². The van der Waals surface area contributed by atoms with Crippen molar-refractivity contribution in [2.24, 2.45) is 39.7 Å². The van der Waals surface area contributed by atoms with E-state index in [-0.39, 0.29) is 29.2 Å². The summed E-state index contributed by atoms with van der Waals surface area (Å²) in [5, 5.41) is 7.90. The molecule has 7 atom stereocenters. The van der Waals surface area contributed by atoms with E-state index in [1.165, 1.54) is 6.42 Å². The number of nitrogens with zero attached hydrogens (tertiary/aromatic N) is 1. The van der Waals surface area contributed by atoms with Crippen LogP contribution in [0.4, 0.5) is 0 Å². The van der Waals surface area contributed by atoms with Crippen LogP contribution in [0.5, 0.6) is 0 Å². The number of Topliss-reactive ketones (excluding diaryl/α,β-unsaturated/α-hetero) is 2. The number of hydrogen-bond acceptors (Lipinski definition) is 5. The first-order valence-corrected chi connectivity index (χ1v) is 11.9. The number of rotatable bonds is 3.